The van der Waals surface area contributed by atoms with Crippen LogP contribution in [0.2, 0.25) is 0 Å². The van der Waals surface area contributed by atoms with Gasteiger partial charge in [-0.15, -0.1) is 0 Å². The Bertz CT molecular complexity index is 1160. The fourth-order valence-electron chi connectivity index (χ4n) is 3.34. The molecule has 0 radical (unpaired) electrons. The normalized spacial score (nSPS) is 14.6. The molecule has 0 saturated heterocycles. The number of aliphatic carboxylic acids is 1. The van der Waals surface area contributed by atoms with Crippen LogP contribution in [0.1, 0.15) is 43.4 Å². The van der Waals surface area contributed by atoms with Crippen molar-refractivity contribution in [3.63, 3.8) is 0 Å². The predicted molar refractivity (Wildman–Crippen MR) is 121 cm³/mol. The van der Waals surface area contributed by atoms with Gasteiger partial charge in [0.15, 0.2) is 0 Å². The number of nitrogens with one attached hydrogen (secondary N) is 2. The molecule has 0 heterocycles. The number of hydrogen-bond donors (Lipinski definition) is 3. The molecule has 1 aliphatic carbocycles. The number of carboxylic acids is 1. The van der Waals surface area contributed by atoms with Crippen molar-refractivity contribution in [2.75, 3.05) is 4.72 Å². The summed E-state index contributed by atoms with van der Waals surface area (Å²) in [5, 5.41) is 10.1. The fraction of sp³-hybridized carbons (Fsp3) is 0.391. The van der Waals surface area contributed by atoms with E-state index in [4.69, 9.17) is 9.90 Å². The molecule has 0 aromatic heterocycles. The lowest BCUT2D eigenvalue weighted by Crippen LogP contribution is -2.38. The summed E-state index contributed by atoms with van der Waals surface area (Å²) in [5.41, 5.74) is 2.68. The summed E-state index contributed by atoms with van der Waals surface area (Å²) < 4.78 is 59.7. The van der Waals surface area contributed by atoms with Gasteiger partial charge in [-0.25, -0.2) is 13.2 Å². The van der Waals surface area contributed by atoms with E-state index in [0.717, 1.165) is 24.0 Å². The summed E-state index contributed by atoms with van der Waals surface area (Å²) in [6.45, 7) is 7.60. The quantitative estimate of drug-likeness (QED) is 0.548. The van der Waals surface area contributed by atoms with E-state index in [2.05, 4.69) is 10.0 Å². The maximum Gasteiger partial charge on any atom is 0.490 e. The molecule has 186 valence electrons. The maximum absolute atomic E-state index is 12.7. The Morgan fingerprint density at radius 2 is 1.56 bits per heavy atom. The first-order chi connectivity index (χ1) is 15.6. The number of aryl methyl sites for hydroxylation is 2. The molecule has 0 bridgehead atoms. The number of halogens is 3. The highest BCUT2D eigenvalue weighted by molar-refractivity contribution is 7.92. The minimum atomic E-state index is -5.08. The van der Waals surface area contributed by atoms with Crippen molar-refractivity contribution in [2.45, 2.75) is 63.1 Å². The van der Waals surface area contributed by atoms with Crippen molar-refractivity contribution in [1.29, 1.82) is 0 Å². The van der Waals surface area contributed by atoms with E-state index in [1.165, 1.54) is 0 Å². The van der Waals surface area contributed by atoms with Gasteiger partial charge in [0.05, 0.1) is 10.3 Å². The highest BCUT2D eigenvalue weighted by Crippen LogP contribution is 2.48. The molecule has 1 saturated carbocycles. The molecule has 7 nitrogen and oxygen atoms in total. The highest BCUT2D eigenvalue weighted by atomic mass is 32.2. The Hall–Kier alpha value is -3.08. The molecule has 0 aliphatic heterocycles. The van der Waals surface area contributed by atoms with Gasteiger partial charge in [-0.3, -0.25) is 9.52 Å². The van der Waals surface area contributed by atoms with E-state index in [1.54, 1.807) is 31.2 Å². The third kappa shape index (κ3) is 6.72. The molecule has 0 unspecified atom stereocenters. The van der Waals surface area contributed by atoms with E-state index >= 15 is 0 Å². The van der Waals surface area contributed by atoms with Gasteiger partial charge >= 0.3 is 12.1 Å². The maximum atomic E-state index is 12.7. The van der Waals surface area contributed by atoms with Gasteiger partial charge in [-0.05, 0) is 69.9 Å². The number of amides is 1. The Morgan fingerprint density at radius 1 is 1.03 bits per heavy atom. The second kappa shape index (κ2) is 10.0. The molecular formula is C23H27F3N2O5S. The van der Waals surface area contributed by atoms with Gasteiger partial charge in [-0.2, -0.15) is 13.2 Å². The zero-order valence-corrected chi connectivity index (χ0v) is 20.0. The first-order valence-electron chi connectivity index (χ1n) is 10.4. The van der Waals surface area contributed by atoms with E-state index in [9.17, 15) is 26.4 Å². The van der Waals surface area contributed by atoms with Crippen molar-refractivity contribution >= 4 is 27.6 Å². The van der Waals surface area contributed by atoms with E-state index in [0.29, 0.717) is 11.3 Å². The van der Waals surface area contributed by atoms with Crippen LogP contribution in [0, 0.1) is 13.8 Å². The summed E-state index contributed by atoms with van der Waals surface area (Å²) in [4.78, 5) is 21.6. The van der Waals surface area contributed by atoms with Crippen molar-refractivity contribution in [2.24, 2.45) is 0 Å². The van der Waals surface area contributed by atoms with Crippen LogP contribution in [0.4, 0.5) is 18.9 Å². The van der Waals surface area contributed by atoms with Crippen molar-refractivity contribution in [3.05, 3.63) is 59.2 Å². The zero-order chi connectivity index (χ0) is 25.9. The average Bonchev–Trinajstić information content (AvgIpc) is 3.49. The second-order valence-corrected chi connectivity index (χ2v) is 10.1. The zero-order valence-electron chi connectivity index (χ0n) is 19.2. The van der Waals surface area contributed by atoms with E-state index in [-0.39, 0.29) is 16.8 Å². The van der Waals surface area contributed by atoms with Crippen molar-refractivity contribution in [1.82, 2.24) is 5.32 Å². The van der Waals surface area contributed by atoms with Crippen LogP contribution in [0.3, 0.4) is 0 Å². The molecule has 1 fully saturated rings. The number of carboxylic acid groups (broad SMARTS) is 1. The van der Waals surface area contributed by atoms with Gasteiger partial charge in [-0.1, -0.05) is 29.8 Å². The SMILES string of the molecule is Cc1ccc(S(=O)(=O)Nc2ccc(C3(C(=O)NC(C)C)CC3)cc2)c(C)c1.O=C(O)C(F)(F)F. The third-order valence-corrected chi connectivity index (χ3v) is 6.70. The molecule has 3 N–H and O–H groups in total. The number of carbonyl (C=O) groups is 2. The lowest BCUT2D eigenvalue weighted by molar-refractivity contribution is -0.192. The topological polar surface area (TPSA) is 113 Å². The largest absolute Gasteiger partial charge is 0.490 e. The second-order valence-electron chi connectivity index (χ2n) is 8.46. The lowest BCUT2D eigenvalue weighted by Gasteiger charge is -2.18. The van der Waals surface area contributed by atoms with Crippen molar-refractivity contribution < 1.29 is 36.3 Å². The number of carbonyl (C=O) groups excluding carboxylic acids is 1. The number of benzene rings is 2. The molecule has 2 aromatic carbocycles. The lowest BCUT2D eigenvalue weighted by atomic mass is 9.94. The van der Waals surface area contributed by atoms with E-state index in [1.807, 2.05) is 39.0 Å². The van der Waals surface area contributed by atoms with Crippen LogP contribution in [0.5, 0.6) is 0 Å². The summed E-state index contributed by atoms with van der Waals surface area (Å²) in [5.74, 6) is -2.71. The van der Waals surface area contributed by atoms with Crippen LogP contribution < -0.4 is 10.0 Å². The molecule has 2 aromatic rings. The van der Waals surface area contributed by atoms with Crippen LogP contribution in [-0.4, -0.2) is 37.6 Å². The molecule has 1 amide bonds. The number of sulfonamides is 1. The van der Waals surface area contributed by atoms with Gasteiger partial charge in [0.25, 0.3) is 10.0 Å². The van der Waals surface area contributed by atoms with Gasteiger partial charge in [0, 0.05) is 11.7 Å². The Morgan fingerprint density at radius 3 is 1.97 bits per heavy atom. The Kier molecular flexibility index (Phi) is 8.02. The van der Waals surface area contributed by atoms with E-state index < -0.39 is 27.6 Å². The van der Waals surface area contributed by atoms with Gasteiger partial charge < -0.3 is 10.4 Å². The van der Waals surface area contributed by atoms with Crippen LogP contribution in [0.25, 0.3) is 0 Å². The molecule has 0 spiro atoms. The first-order valence-corrected chi connectivity index (χ1v) is 11.9. The van der Waals surface area contributed by atoms with Crippen LogP contribution in [0.15, 0.2) is 47.4 Å². The Labute approximate surface area is 196 Å². The number of hydrogen-bond acceptors (Lipinski definition) is 4. The fourth-order valence-corrected chi connectivity index (χ4v) is 4.63. The third-order valence-electron chi connectivity index (χ3n) is 5.16. The number of anilines is 1. The van der Waals surface area contributed by atoms with Gasteiger partial charge in [0.1, 0.15) is 0 Å². The molecule has 3 rings (SSSR count). The molecule has 34 heavy (non-hydrogen) atoms. The smallest absolute Gasteiger partial charge is 0.475 e. The summed E-state index contributed by atoms with van der Waals surface area (Å²) in [6, 6.07) is 12.5. The summed E-state index contributed by atoms with van der Waals surface area (Å²) in [7, 11) is -3.65. The highest BCUT2D eigenvalue weighted by Gasteiger charge is 2.51. The first kappa shape index (κ1) is 27.2. The van der Waals surface area contributed by atoms with Crippen LogP contribution in [-0.2, 0) is 25.0 Å². The molecule has 1 aliphatic rings. The number of alkyl halides is 3. The number of rotatable bonds is 6. The summed E-state index contributed by atoms with van der Waals surface area (Å²) >= 11 is 0. The standard InChI is InChI=1S/C21H26N2O3S.C2HF3O2/c1-14(2)22-20(24)21(11-12-21)17-6-8-18(9-7-17)23-27(25,26)19-10-5-15(3)13-16(19)4;3-2(4,5)1(6)7/h5-10,13-14,23H,11-12H2,1-4H3,(H,22,24);(H,6,7). The minimum absolute atomic E-state index is 0.0427. The van der Waals surface area contributed by atoms with Gasteiger partial charge in [0.2, 0.25) is 5.91 Å². The molecular weight excluding hydrogens is 473 g/mol. The minimum Gasteiger partial charge on any atom is -0.475 e. The molecule has 11 heteroatoms. The molecule has 0 atom stereocenters. The average molecular weight is 501 g/mol. The van der Waals surface area contributed by atoms with Crippen LogP contribution >= 0.6 is 0 Å². The monoisotopic (exact) mass is 500 g/mol. The van der Waals surface area contributed by atoms with Crippen molar-refractivity contribution in [3.8, 4) is 0 Å². The predicted octanol–water partition coefficient (Wildman–Crippen LogP) is 4.29. The summed E-state index contributed by atoms with van der Waals surface area (Å²) in [6.07, 6.45) is -3.45. The Balaban J connectivity index is 0.000000509.